The second-order valence-electron chi connectivity index (χ2n) is 7.89. The van der Waals surface area contributed by atoms with Crippen LogP contribution < -0.4 is 9.62 Å². The fourth-order valence-electron chi connectivity index (χ4n) is 3.89. The van der Waals surface area contributed by atoms with Crippen molar-refractivity contribution >= 4 is 27.4 Å². The molecule has 162 valence electrons. The molecule has 4 rings (SSSR count). The van der Waals surface area contributed by atoms with Gasteiger partial charge in [-0.2, -0.15) is 5.10 Å². The van der Waals surface area contributed by atoms with E-state index in [9.17, 15) is 13.2 Å². The maximum Gasteiger partial charge on any atom is 0.264 e. The third kappa shape index (κ3) is 4.34. The molecule has 0 saturated heterocycles. The van der Waals surface area contributed by atoms with Gasteiger partial charge in [0.2, 0.25) is 0 Å². The van der Waals surface area contributed by atoms with E-state index < -0.39 is 10.0 Å². The molecule has 0 aliphatic heterocycles. The second-order valence-corrected chi connectivity index (χ2v) is 9.86. The van der Waals surface area contributed by atoms with Crippen LogP contribution in [0.25, 0.3) is 0 Å². The van der Waals surface area contributed by atoms with Gasteiger partial charge in [-0.3, -0.25) is 9.10 Å². The van der Waals surface area contributed by atoms with E-state index in [0.29, 0.717) is 17.5 Å². The summed E-state index contributed by atoms with van der Waals surface area (Å²) in [6, 6.07) is 15.4. The number of nitrogens with zero attached hydrogens (tertiary/aromatic N) is 3. The van der Waals surface area contributed by atoms with E-state index in [1.54, 1.807) is 36.5 Å². The Kier molecular flexibility index (Phi) is 5.82. The van der Waals surface area contributed by atoms with Crippen molar-refractivity contribution in [1.82, 2.24) is 9.78 Å². The number of benzene rings is 2. The van der Waals surface area contributed by atoms with Crippen LogP contribution in [-0.4, -0.2) is 31.2 Å². The fraction of sp³-hybridized carbons (Fsp3) is 0.304. The molecule has 7 nitrogen and oxygen atoms in total. The Morgan fingerprint density at radius 2 is 1.81 bits per heavy atom. The summed E-state index contributed by atoms with van der Waals surface area (Å²) in [7, 11) is -2.30. The molecule has 1 N–H and O–H groups in total. The molecular formula is C23H26N4O3S. The molecule has 1 aliphatic rings. The molecule has 8 heteroatoms. The van der Waals surface area contributed by atoms with E-state index in [0.717, 1.165) is 31.2 Å². The van der Waals surface area contributed by atoms with Gasteiger partial charge in [0, 0.05) is 18.7 Å². The summed E-state index contributed by atoms with van der Waals surface area (Å²) >= 11 is 0. The van der Waals surface area contributed by atoms with Gasteiger partial charge in [0.1, 0.15) is 5.82 Å². The lowest BCUT2D eigenvalue weighted by Gasteiger charge is -2.20. The monoisotopic (exact) mass is 438 g/mol. The molecule has 1 aromatic heterocycles. The first-order chi connectivity index (χ1) is 14.9. The van der Waals surface area contributed by atoms with Crippen molar-refractivity contribution in [2.75, 3.05) is 16.7 Å². The predicted molar refractivity (Wildman–Crippen MR) is 121 cm³/mol. The zero-order valence-corrected chi connectivity index (χ0v) is 18.5. The molecule has 0 atom stereocenters. The van der Waals surface area contributed by atoms with Gasteiger partial charge in [-0.05, 0) is 50.1 Å². The molecule has 1 fully saturated rings. The lowest BCUT2D eigenvalue weighted by molar-refractivity contribution is 0.102. The van der Waals surface area contributed by atoms with Crippen molar-refractivity contribution in [3.05, 3.63) is 71.9 Å². The molecule has 1 amide bonds. The molecule has 0 radical (unpaired) electrons. The number of carbonyl (C=O) groups excluding carboxylic acids is 1. The van der Waals surface area contributed by atoms with Crippen molar-refractivity contribution < 1.29 is 13.2 Å². The Labute approximate surface area is 182 Å². The molecule has 0 spiro atoms. The standard InChI is InChI=1S/C23H26N4O3S/c1-17-10-12-19(13-11-17)26(2)31(29,30)21-9-5-6-18(16-21)23(28)25-22-14-15-24-27(22)20-7-3-4-8-20/h5-6,9-16,20H,3-4,7-8H2,1-2H3,(H,25,28). The average molecular weight is 439 g/mol. The Balaban J connectivity index is 1.56. The summed E-state index contributed by atoms with van der Waals surface area (Å²) in [5.41, 5.74) is 1.88. The normalized spacial score (nSPS) is 14.5. The third-order valence-corrected chi connectivity index (χ3v) is 7.52. The molecule has 31 heavy (non-hydrogen) atoms. The number of rotatable bonds is 6. The van der Waals surface area contributed by atoms with Crippen LogP contribution in [0.1, 0.15) is 47.6 Å². The Hall–Kier alpha value is -3.13. The number of nitrogens with one attached hydrogen (secondary N) is 1. The average Bonchev–Trinajstić information content (AvgIpc) is 3.45. The molecule has 0 bridgehead atoms. The molecule has 0 unspecified atom stereocenters. The van der Waals surface area contributed by atoms with Crippen LogP contribution in [0.5, 0.6) is 0 Å². The number of aromatic nitrogens is 2. The molecule has 3 aromatic rings. The van der Waals surface area contributed by atoms with Crippen molar-refractivity contribution in [2.45, 2.75) is 43.5 Å². The molecular weight excluding hydrogens is 412 g/mol. The highest BCUT2D eigenvalue weighted by atomic mass is 32.2. The van der Waals surface area contributed by atoms with E-state index in [1.165, 1.54) is 23.5 Å². The predicted octanol–water partition coefficient (Wildman–Crippen LogP) is 4.38. The SMILES string of the molecule is Cc1ccc(N(C)S(=O)(=O)c2cccc(C(=O)Nc3ccnn3C3CCCC3)c2)cc1. The van der Waals surface area contributed by atoms with Crippen molar-refractivity contribution in [3.8, 4) is 0 Å². The van der Waals surface area contributed by atoms with Crippen LogP contribution in [0.4, 0.5) is 11.5 Å². The van der Waals surface area contributed by atoms with Gasteiger partial charge in [-0.25, -0.2) is 13.1 Å². The first kappa shape index (κ1) is 21.1. The molecule has 1 aliphatic carbocycles. The van der Waals surface area contributed by atoms with Crippen molar-refractivity contribution in [3.63, 3.8) is 0 Å². The van der Waals surface area contributed by atoms with E-state index in [-0.39, 0.29) is 16.4 Å². The van der Waals surface area contributed by atoms with E-state index in [1.807, 2.05) is 23.7 Å². The minimum atomic E-state index is -3.81. The highest BCUT2D eigenvalue weighted by Crippen LogP contribution is 2.31. The summed E-state index contributed by atoms with van der Waals surface area (Å²) in [6.45, 7) is 1.94. The van der Waals surface area contributed by atoms with Crippen molar-refractivity contribution in [1.29, 1.82) is 0 Å². The van der Waals surface area contributed by atoms with Crippen LogP contribution >= 0.6 is 0 Å². The van der Waals surface area contributed by atoms with Crippen LogP contribution in [0.2, 0.25) is 0 Å². The summed E-state index contributed by atoms with van der Waals surface area (Å²) in [4.78, 5) is 12.9. The minimum absolute atomic E-state index is 0.0625. The first-order valence-electron chi connectivity index (χ1n) is 10.4. The minimum Gasteiger partial charge on any atom is -0.307 e. The Morgan fingerprint density at radius 3 is 2.52 bits per heavy atom. The number of hydrogen-bond donors (Lipinski definition) is 1. The van der Waals surface area contributed by atoms with E-state index in [2.05, 4.69) is 10.4 Å². The summed E-state index contributed by atoms with van der Waals surface area (Å²) in [5.74, 6) is 0.261. The molecule has 1 saturated carbocycles. The van der Waals surface area contributed by atoms with Crippen LogP contribution in [0, 0.1) is 6.92 Å². The topological polar surface area (TPSA) is 84.3 Å². The lowest BCUT2D eigenvalue weighted by Crippen LogP contribution is -2.27. The van der Waals surface area contributed by atoms with Gasteiger partial charge in [0.25, 0.3) is 15.9 Å². The molecule has 1 heterocycles. The maximum atomic E-state index is 13.1. The Bertz CT molecular complexity index is 1180. The van der Waals surface area contributed by atoms with Crippen LogP contribution in [0.15, 0.2) is 65.7 Å². The van der Waals surface area contributed by atoms with Gasteiger partial charge in [0.05, 0.1) is 22.8 Å². The van der Waals surface area contributed by atoms with Gasteiger partial charge in [-0.1, -0.05) is 36.6 Å². The number of carbonyl (C=O) groups is 1. The third-order valence-electron chi connectivity index (χ3n) is 5.73. The zero-order chi connectivity index (χ0) is 22.0. The highest BCUT2D eigenvalue weighted by Gasteiger charge is 2.24. The van der Waals surface area contributed by atoms with E-state index >= 15 is 0 Å². The lowest BCUT2D eigenvalue weighted by atomic mass is 10.2. The number of hydrogen-bond acceptors (Lipinski definition) is 4. The number of sulfonamides is 1. The van der Waals surface area contributed by atoms with Gasteiger partial charge >= 0.3 is 0 Å². The van der Waals surface area contributed by atoms with Gasteiger partial charge in [-0.15, -0.1) is 0 Å². The van der Waals surface area contributed by atoms with Gasteiger partial charge in [0.15, 0.2) is 0 Å². The fourth-order valence-corrected chi connectivity index (χ4v) is 5.13. The number of amides is 1. The Morgan fingerprint density at radius 1 is 1.10 bits per heavy atom. The zero-order valence-electron chi connectivity index (χ0n) is 17.7. The number of anilines is 2. The molecule has 2 aromatic carbocycles. The van der Waals surface area contributed by atoms with Gasteiger partial charge < -0.3 is 5.32 Å². The van der Waals surface area contributed by atoms with E-state index in [4.69, 9.17) is 0 Å². The maximum absolute atomic E-state index is 13.1. The van der Waals surface area contributed by atoms with Crippen molar-refractivity contribution in [2.24, 2.45) is 0 Å². The largest absolute Gasteiger partial charge is 0.307 e. The summed E-state index contributed by atoms with van der Waals surface area (Å²) in [5, 5.41) is 7.25. The smallest absolute Gasteiger partial charge is 0.264 e. The summed E-state index contributed by atoms with van der Waals surface area (Å²) in [6.07, 6.45) is 6.08. The first-order valence-corrected chi connectivity index (χ1v) is 11.8. The number of aryl methyl sites for hydroxylation is 1. The van der Waals surface area contributed by atoms with Crippen LogP contribution in [-0.2, 0) is 10.0 Å². The highest BCUT2D eigenvalue weighted by molar-refractivity contribution is 7.92. The summed E-state index contributed by atoms with van der Waals surface area (Å²) < 4.78 is 29.3. The quantitative estimate of drug-likeness (QED) is 0.619. The second kappa shape index (κ2) is 8.55. The van der Waals surface area contributed by atoms with Crippen LogP contribution in [0.3, 0.4) is 0 Å².